The van der Waals surface area contributed by atoms with E-state index < -0.39 is 0 Å². The van der Waals surface area contributed by atoms with Gasteiger partial charge in [0.1, 0.15) is 5.94 Å². The molecule has 0 radical (unpaired) electrons. The number of thioether (sulfide) groups is 1. The standard InChI is InChI=1S/C11H14N4O2S/c16-7-6-15-11(12-13-14-15)18-9-17-8-10-4-2-1-3-5-10/h1-5,16H,6-9H2. The second kappa shape index (κ2) is 7.10. The van der Waals surface area contributed by atoms with Crippen molar-refractivity contribution in [3.63, 3.8) is 0 Å². The molecule has 7 heteroatoms. The fraction of sp³-hybridized carbons (Fsp3) is 0.364. The van der Waals surface area contributed by atoms with E-state index in [1.54, 1.807) is 4.68 Å². The van der Waals surface area contributed by atoms with E-state index >= 15 is 0 Å². The topological polar surface area (TPSA) is 73.1 Å². The van der Waals surface area contributed by atoms with E-state index in [4.69, 9.17) is 9.84 Å². The number of hydrogen-bond donors (Lipinski definition) is 1. The van der Waals surface area contributed by atoms with E-state index in [0.29, 0.717) is 24.2 Å². The van der Waals surface area contributed by atoms with Crippen LogP contribution in [0, 0.1) is 0 Å². The smallest absolute Gasteiger partial charge is 0.211 e. The molecule has 0 bridgehead atoms. The largest absolute Gasteiger partial charge is 0.394 e. The van der Waals surface area contributed by atoms with Gasteiger partial charge in [0, 0.05) is 0 Å². The molecule has 0 unspecified atom stereocenters. The number of nitrogens with zero attached hydrogens (tertiary/aromatic N) is 4. The van der Waals surface area contributed by atoms with Gasteiger partial charge in [-0.2, -0.15) is 0 Å². The van der Waals surface area contributed by atoms with Gasteiger partial charge in [-0.25, -0.2) is 4.68 Å². The van der Waals surface area contributed by atoms with Gasteiger partial charge in [-0.3, -0.25) is 0 Å². The van der Waals surface area contributed by atoms with Gasteiger partial charge in [-0.15, -0.1) is 5.10 Å². The summed E-state index contributed by atoms with van der Waals surface area (Å²) in [7, 11) is 0. The molecule has 0 amide bonds. The Morgan fingerprint density at radius 2 is 2.11 bits per heavy atom. The zero-order valence-corrected chi connectivity index (χ0v) is 10.6. The molecule has 96 valence electrons. The van der Waals surface area contributed by atoms with Crippen LogP contribution in [0.1, 0.15) is 5.56 Å². The van der Waals surface area contributed by atoms with Gasteiger partial charge in [0.25, 0.3) is 0 Å². The minimum absolute atomic E-state index is 0.0173. The molecule has 1 N–H and O–H groups in total. The van der Waals surface area contributed by atoms with Crippen LogP contribution in [0.5, 0.6) is 0 Å². The molecule has 2 rings (SSSR count). The number of aliphatic hydroxyl groups is 1. The maximum absolute atomic E-state index is 8.83. The molecule has 0 saturated carbocycles. The fourth-order valence-electron chi connectivity index (χ4n) is 1.36. The summed E-state index contributed by atoms with van der Waals surface area (Å²) < 4.78 is 7.07. The SMILES string of the molecule is OCCn1nnnc1SCOCc1ccccc1. The summed E-state index contributed by atoms with van der Waals surface area (Å²) in [5, 5.41) is 20.6. The van der Waals surface area contributed by atoms with Crippen LogP contribution in [-0.2, 0) is 17.9 Å². The molecule has 0 atom stereocenters. The first kappa shape index (κ1) is 13.0. The highest BCUT2D eigenvalue weighted by molar-refractivity contribution is 7.99. The van der Waals surface area contributed by atoms with Crippen LogP contribution in [0.25, 0.3) is 0 Å². The van der Waals surface area contributed by atoms with Crippen molar-refractivity contribution in [1.29, 1.82) is 0 Å². The number of rotatable bonds is 7. The Hall–Kier alpha value is -1.44. The van der Waals surface area contributed by atoms with Gasteiger partial charge in [-0.1, -0.05) is 42.1 Å². The second-order valence-electron chi connectivity index (χ2n) is 3.50. The number of ether oxygens (including phenoxy) is 1. The monoisotopic (exact) mass is 266 g/mol. The van der Waals surface area contributed by atoms with Crippen molar-refractivity contribution in [2.24, 2.45) is 0 Å². The van der Waals surface area contributed by atoms with Gasteiger partial charge < -0.3 is 9.84 Å². The lowest BCUT2D eigenvalue weighted by molar-refractivity contribution is 0.168. The van der Waals surface area contributed by atoms with Crippen molar-refractivity contribution in [3.8, 4) is 0 Å². The third-order valence-electron chi connectivity index (χ3n) is 2.19. The maximum Gasteiger partial charge on any atom is 0.211 e. The fourth-order valence-corrected chi connectivity index (χ4v) is 2.01. The lowest BCUT2D eigenvalue weighted by Gasteiger charge is -2.04. The van der Waals surface area contributed by atoms with Crippen LogP contribution in [0.3, 0.4) is 0 Å². The van der Waals surface area contributed by atoms with Gasteiger partial charge in [-0.05, 0) is 16.0 Å². The van der Waals surface area contributed by atoms with Crippen LogP contribution < -0.4 is 0 Å². The number of benzene rings is 1. The average Bonchev–Trinajstić information content (AvgIpc) is 2.84. The molecule has 1 heterocycles. The quantitative estimate of drug-likeness (QED) is 0.456. The zero-order chi connectivity index (χ0) is 12.6. The molecule has 0 spiro atoms. The third-order valence-corrected chi connectivity index (χ3v) is 3.03. The number of aliphatic hydroxyl groups excluding tert-OH is 1. The highest BCUT2D eigenvalue weighted by Crippen LogP contribution is 2.14. The van der Waals surface area contributed by atoms with E-state index in [9.17, 15) is 0 Å². The van der Waals surface area contributed by atoms with Crippen LogP contribution in [0.15, 0.2) is 35.5 Å². The summed E-state index contributed by atoms with van der Waals surface area (Å²) in [6, 6.07) is 9.96. The summed E-state index contributed by atoms with van der Waals surface area (Å²) in [5.74, 6) is 0.473. The van der Waals surface area contributed by atoms with Crippen molar-refractivity contribution < 1.29 is 9.84 Å². The molecule has 1 aromatic heterocycles. The minimum Gasteiger partial charge on any atom is -0.394 e. The maximum atomic E-state index is 8.83. The predicted molar refractivity (Wildman–Crippen MR) is 66.9 cm³/mol. The molecule has 0 fully saturated rings. The molecule has 6 nitrogen and oxygen atoms in total. The molecule has 0 aliphatic carbocycles. The van der Waals surface area contributed by atoms with Gasteiger partial charge in [0.2, 0.25) is 5.16 Å². The van der Waals surface area contributed by atoms with Gasteiger partial charge >= 0.3 is 0 Å². The van der Waals surface area contributed by atoms with Crippen LogP contribution in [0.4, 0.5) is 0 Å². The van der Waals surface area contributed by atoms with E-state index in [2.05, 4.69) is 15.5 Å². The number of tetrazole rings is 1. The molecule has 18 heavy (non-hydrogen) atoms. The lowest BCUT2D eigenvalue weighted by Crippen LogP contribution is -2.06. The van der Waals surface area contributed by atoms with E-state index in [0.717, 1.165) is 5.56 Å². The first-order valence-electron chi connectivity index (χ1n) is 5.51. The summed E-state index contributed by atoms with van der Waals surface area (Å²) >= 11 is 1.41. The lowest BCUT2D eigenvalue weighted by atomic mass is 10.2. The molecule has 0 aliphatic heterocycles. The summed E-state index contributed by atoms with van der Waals surface area (Å²) in [5.41, 5.74) is 1.13. The molecule has 1 aromatic carbocycles. The molecule has 2 aromatic rings. The van der Waals surface area contributed by atoms with E-state index in [1.165, 1.54) is 11.8 Å². The summed E-state index contributed by atoms with van der Waals surface area (Å²) in [6.45, 7) is 0.979. The Bertz CT molecular complexity index is 463. The van der Waals surface area contributed by atoms with Crippen LogP contribution in [-0.4, -0.2) is 37.9 Å². The van der Waals surface area contributed by atoms with Gasteiger partial charge in [0.15, 0.2) is 0 Å². The Morgan fingerprint density at radius 3 is 2.89 bits per heavy atom. The van der Waals surface area contributed by atoms with Crippen LogP contribution in [0.2, 0.25) is 0 Å². The molecular weight excluding hydrogens is 252 g/mol. The Kier molecular flexibility index (Phi) is 5.13. The van der Waals surface area contributed by atoms with Crippen molar-refractivity contribution in [2.45, 2.75) is 18.3 Å². The third kappa shape index (κ3) is 3.80. The molecular formula is C11H14N4O2S. The first-order valence-corrected chi connectivity index (χ1v) is 6.50. The average molecular weight is 266 g/mol. The summed E-state index contributed by atoms with van der Waals surface area (Å²) in [4.78, 5) is 0. The normalized spacial score (nSPS) is 10.7. The van der Waals surface area contributed by atoms with Crippen molar-refractivity contribution in [2.75, 3.05) is 12.5 Å². The van der Waals surface area contributed by atoms with E-state index in [-0.39, 0.29) is 6.61 Å². The highest BCUT2D eigenvalue weighted by atomic mass is 32.2. The van der Waals surface area contributed by atoms with Crippen molar-refractivity contribution >= 4 is 11.8 Å². The predicted octanol–water partition coefficient (Wildman–Crippen LogP) is 0.932. The number of hydrogen-bond acceptors (Lipinski definition) is 6. The minimum atomic E-state index is 0.0173. The van der Waals surface area contributed by atoms with Gasteiger partial charge in [0.05, 0.1) is 19.8 Å². The molecule has 0 aliphatic rings. The highest BCUT2D eigenvalue weighted by Gasteiger charge is 2.05. The summed E-state index contributed by atoms with van der Waals surface area (Å²) in [6.07, 6.45) is 0. The Labute approximate surface area is 109 Å². The van der Waals surface area contributed by atoms with Crippen molar-refractivity contribution in [3.05, 3.63) is 35.9 Å². The van der Waals surface area contributed by atoms with Crippen molar-refractivity contribution in [1.82, 2.24) is 20.2 Å². The van der Waals surface area contributed by atoms with E-state index in [1.807, 2.05) is 30.3 Å². The first-order chi connectivity index (χ1) is 8.90. The van der Waals surface area contributed by atoms with Crippen LogP contribution >= 0.6 is 11.8 Å². The zero-order valence-electron chi connectivity index (χ0n) is 9.77. The Morgan fingerprint density at radius 1 is 1.28 bits per heavy atom. The Balaban J connectivity index is 1.73. The number of aromatic nitrogens is 4. The molecule has 0 saturated heterocycles. The second-order valence-corrected chi connectivity index (χ2v) is 4.39.